The van der Waals surface area contributed by atoms with Crippen LogP contribution in [0.3, 0.4) is 0 Å². The minimum Gasteiger partial charge on any atom is -0.469 e. The summed E-state index contributed by atoms with van der Waals surface area (Å²) in [6.45, 7) is 7.98. The number of H-pyrrole nitrogens is 1. The van der Waals surface area contributed by atoms with Gasteiger partial charge in [0.1, 0.15) is 23.2 Å². The first-order valence-corrected chi connectivity index (χ1v) is 18.7. The summed E-state index contributed by atoms with van der Waals surface area (Å²) in [6, 6.07) is 11.6. The lowest BCUT2D eigenvalue weighted by Crippen LogP contribution is -2.67. The van der Waals surface area contributed by atoms with Crippen LogP contribution in [0.4, 0.5) is 17.6 Å². The number of aromatic amines is 1. The fourth-order valence-corrected chi connectivity index (χ4v) is 7.37. The van der Waals surface area contributed by atoms with Crippen molar-refractivity contribution in [1.29, 1.82) is 0 Å². The van der Waals surface area contributed by atoms with Crippen LogP contribution in [0.1, 0.15) is 75.1 Å². The quantitative estimate of drug-likeness (QED) is 0.0675. The first-order valence-electron chi connectivity index (χ1n) is 18.3. The second-order valence-corrected chi connectivity index (χ2v) is 14.7. The van der Waals surface area contributed by atoms with Gasteiger partial charge in [-0.2, -0.15) is 13.2 Å². The van der Waals surface area contributed by atoms with Gasteiger partial charge in [-0.3, -0.25) is 14.4 Å². The Labute approximate surface area is 317 Å². The number of nitrogens with one attached hydrogen (secondary N) is 5. The summed E-state index contributed by atoms with van der Waals surface area (Å²) in [7, 11) is 0. The molecule has 5 rings (SSSR count). The van der Waals surface area contributed by atoms with Crippen molar-refractivity contribution in [2.45, 2.75) is 96.4 Å². The van der Waals surface area contributed by atoms with Gasteiger partial charge in [0.2, 0.25) is 17.7 Å². The smallest absolute Gasteiger partial charge is 0.418 e. The third-order valence-electron chi connectivity index (χ3n) is 10.6. The molecule has 3 amide bonds. The van der Waals surface area contributed by atoms with Crippen molar-refractivity contribution < 1.29 is 36.4 Å². The normalized spacial score (nSPS) is 17.9. The molecule has 0 aliphatic heterocycles. The van der Waals surface area contributed by atoms with Gasteiger partial charge in [-0.25, -0.2) is 4.39 Å². The number of halogens is 4. The van der Waals surface area contributed by atoms with Gasteiger partial charge in [-0.05, 0) is 60.1 Å². The van der Waals surface area contributed by atoms with Crippen LogP contribution in [0.25, 0.3) is 10.9 Å². The van der Waals surface area contributed by atoms with Crippen LogP contribution < -0.4 is 21.3 Å². The van der Waals surface area contributed by atoms with Crippen LogP contribution in [0.15, 0.2) is 65.3 Å². The van der Waals surface area contributed by atoms with Gasteiger partial charge < -0.3 is 30.7 Å². The molecule has 9 nitrogen and oxygen atoms in total. The molecule has 5 N–H and O–H groups in total. The molecule has 1 aliphatic carbocycles. The molecule has 2 aromatic heterocycles. The molecule has 0 fully saturated rings. The Balaban J connectivity index is 1.47. The Morgan fingerprint density at radius 3 is 2.35 bits per heavy atom. The topological polar surface area (TPSA) is 128 Å². The molecular weight excluding hydrogens is 723 g/mol. The number of amides is 3. The molecule has 2 heterocycles. The lowest BCUT2D eigenvalue weighted by Gasteiger charge is -2.40. The molecule has 0 saturated carbocycles. The van der Waals surface area contributed by atoms with Crippen LogP contribution in [-0.4, -0.2) is 51.9 Å². The van der Waals surface area contributed by atoms with Crippen molar-refractivity contribution in [2.75, 3.05) is 6.54 Å². The highest BCUT2D eigenvalue weighted by atomic mass is 32.1. The summed E-state index contributed by atoms with van der Waals surface area (Å²) < 4.78 is 62.0. The maximum Gasteiger partial charge on any atom is 0.418 e. The van der Waals surface area contributed by atoms with Crippen molar-refractivity contribution >= 4 is 45.8 Å². The van der Waals surface area contributed by atoms with Gasteiger partial charge in [0.15, 0.2) is 0 Å². The second kappa shape index (κ2) is 17.2. The Hall–Kier alpha value is -4.72. The molecule has 14 heteroatoms. The Bertz CT molecular complexity index is 1960. The number of carbonyl (C=O) groups excluding carboxylic acids is 3. The van der Waals surface area contributed by atoms with Gasteiger partial charge in [-0.1, -0.05) is 83.1 Å². The van der Waals surface area contributed by atoms with Crippen molar-refractivity contribution in [3.63, 3.8) is 0 Å². The van der Waals surface area contributed by atoms with E-state index in [9.17, 15) is 31.9 Å². The molecule has 1 aliphatic rings. The van der Waals surface area contributed by atoms with E-state index >= 15 is 0 Å². The standard InChI is InChI=1S/C40H47F4N5O4S/c1-5-23(3)33(47-32(50)21-25-11-7-8-15-30(25)41)36(51)49-39(18-16-31-28(22-39)27-13-9-14-29(35(27)46-31)40(42,43)44)38(52)48-34(24(4)6-2)37(54)45-19-17-26-12-10-20-53-26/h7-15,20,23-24,33-34,46H,5-6,16-19,21-22H2,1-4H3,(H,45,54)(H,47,50)(H,48,52)(H,49,51)/t23?,24-,33-,34?,39+/m0/s1. The van der Waals surface area contributed by atoms with Crippen LogP contribution in [-0.2, 0) is 46.2 Å². The lowest BCUT2D eigenvalue weighted by molar-refractivity contribution is -0.137. The maximum absolute atomic E-state index is 14.8. The minimum atomic E-state index is -4.62. The highest BCUT2D eigenvalue weighted by Crippen LogP contribution is 2.40. The number of fused-ring (bicyclic) bond motifs is 3. The summed E-state index contributed by atoms with van der Waals surface area (Å²) >= 11 is 5.79. The van der Waals surface area contributed by atoms with Gasteiger partial charge in [0, 0.05) is 30.5 Å². The van der Waals surface area contributed by atoms with Crippen LogP contribution in [0.2, 0.25) is 0 Å². The average Bonchev–Trinajstić information content (AvgIpc) is 3.80. The number of carbonyl (C=O) groups is 3. The third-order valence-corrected chi connectivity index (χ3v) is 11.0. The molecule has 0 bridgehead atoms. The molecule has 290 valence electrons. The molecule has 54 heavy (non-hydrogen) atoms. The second-order valence-electron chi connectivity index (χ2n) is 14.2. The minimum absolute atomic E-state index is 0.0497. The van der Waals surface area contributed by atoms with E-state index in [0.29, 0.717) is 47.4 Å². The number of aryl methyl sites for hydroxylation is 1. The van der Waals surface area contributed by atoms with E-state index in [1.807, 2.05) is 26.8 Å². The number of hydrogen-bond acceptors (Lipinski definition) is 5. The highest BCUT2D eigenvalue weighted by Gasteiger charge is 2.47. The van der Waals surface area contributed by atoms with Crippen molar-refractivity contribution in [3.8, 4) is 0 Å². The van der Waals surface area contributed by atoms with Gasteiger partial charge >= 0.3 is 6.18 Å². The maximum atomic E-state index is 14.8. The Morgan fingerprint density at radius 2 is 1.69 bits per heavy atom. The zero-order valence-electron chi connectivity index (χ0n) is 30.8. The van der Waals surface area contributed by atoms with E-state index in [0.717, 1.165) is 11.8 Å². The van der Waals surface area contributed by atoms with Crippen LogP contribution in [0, 0.1) is 17.7 Å². The van der Waals surface area contributed by atoms with Crippen molar-refractivity contribution in [3.05, 3.63) is 94.8 Å². The number of alkyl halides is 3. The predicted molar refractivity (Wildman–Crippen MR) is 202 cm³/mol. The summed E-state index contributed by atoms with van der Waals surface area (Å²) in [6.07, 6.45) is -1.57. The zero-order valence-corrected chi connectivity index (χ0v) is 31.6. The molecule has 5 atom stereocenters. The van der Waals surface area contributed by atoms with E-state index in [1.165, 1.54) is 24.3 Å². The van der Waals surface area contributed by atoms with E-state index in [-0.39, 0.29) is 42.7 Å². The first-order chi connectivity index (χ1) is 25.7. The van der Waals surface area contributed by atoms with E-state index < -0.39 is 58.8 Å². The fourth-order valence-electron chi connectivity index (χ4n) is 6.97. The molecule has 0 saturated heterocycles. The molecule has 2 aromatic carbocycles. The monoisotopic (exact) mass is 769 g/mol. The molecule has 0 spiro atoms. The first kappa shape index (κ1) is 40.5. The molecule has 2 unspecified atom stereocenters. The van der Waals surface area contributed by atoms with Gasteiger partial charge in [-0.15, -0.1) is 0 Å². The van der Waals surface area contributed by atoms with Crippen LogP contribution >= 0.6 is 12.2 Å². The molecular formula is C40H47F4N5O4S. The number of aromatic nitrogens is 1. The number of hydrogen-bond donors (Lipinski definition) is 5. The predicted octanol–water partition coefficient (Wildman–Crippen LogP) is 6.73. The van der Waals surface area contributed by atoms with Crippen molar-refractivity contribution in [2.24, 2.45) is 11.8 Å². The van der Waals surface area contributed by atoms with Crippen molar-refractivity contribution in [1.82, 2.24) is 26.3 Å². The zero-order chi connectivity index (χ0) is 39.2. The Morgan fingerprint density at radius 1 is 0.963 bits per heavy atom. The summed E-state index contributed by atoms with van der Waals surface area (Å²) in [4.78, 5) is 45.7. The van der Waals surface area contributed by atoms with Gasteiger partial charge in [0.25, 0.3) is 0 Å². The molecule has 0 radical (unpaired) electrons. The largest absolute Gasteiger partial charge is 0.469 e. The summed E-state index contributed by atoms with van der Waals surface area (Å²) in [5.74, 6) is -2.08. The van der Waals surface area contributed by atoms with E-state index in [4.69, 9.17) is 16.6 Å². The number of thiocarbonyl (C=S) groups is 1. The number of furan rings is 1. The average molecular weight is 770 g/mol. The summed E-state index contributed by atoms with van der Waals surface area (Å²) in [5.41, 5.74) is -1.35. The number of benzene rings is 2. The van der Waals surface area contributed by atoms with Crippen LogP contribution in [0.5, 0.6) is 0 Å². The van der Waals surface area contributed by atoms with Gasteiger partial charge in [0.05, 0.1) is 34.8 Å². The number of para-hydroxylation sites is 1. The lowest BCUT2D eigenvalue weighted by atomic mass is 9.78. The third kappa shape index (κ3) is 9.14. The molecule has 4 aromatic rings. The fraction of sp³-hybridized carbons (Fsp3) is 0.450. The SMILES string of the molecule is CCC(C)[C@H](NC(=O)Cc1ccccc1F)C(=O)N[C@]1(C(=O)NC(C(=S)NCCc2ccco2)[C@@H](C)CC)CCc2[nH]c3c(C(F)(F)F)cccc3c2C1. The summed E-state index contributed by atoms with van der Waals surface area (Å²) in [5, 5.41) is 12.4. The van der Waals surface area contributed by atoms with E-state index in [2.05, 4.69) is 26.3 Å². The Kier molecular flexibility index (Phi) is 12.9. The highest BCUT2D eigenvalue weighted by molar-refractivity contribution is 7.80. The van der Waals surface area contributed by atoms with E-state index in [1.54, 1.807) is 31.4 Å². The number of rotatable bonds is 15.